The predicted molar refractivity (Wildman–Crippen MR) is 89.3 cm³/mol. The number of nitrogens with zero attached hydrogens (tertiary/aromatic N) is 4. The zero-order chi connectivity index (χ0) is 15.6. The molecular weight excluding hydrogens is 262 g/mol. The monoisotopic (exact) mass is 291 g/mol. The Morgan fingerprint density at radius 2 is 2.00 bits per heavy atom. The van der Waals surface area contributed by atoms with Crippen molar-refractivity contribution in [3.05, 3.63) is 11.4 Å². The average Bonchev–Trinajstić information content (AvgIpc) is 2.47. The molecule has 118 valence electrons. The summed E-state index contributed by atoms with van der Waals surface area (Å²) in [5.74, 6) is 3.32. The molecule has 1 saturated heterocycles. The van der Waals surface area contributed by atoms with Gasteiger partial charge in [0.15, 0.2) is 0 Å². The smallest absolute Gasteiger partial charge is 0.137 e. The Hall–Kier alpha value is -1.36. The Bertz CT molecular complexity index is 484. The van der Waals surface area contributed by atoms with Crippen molar-refractivity contribution in [2.45, 2.75) is 45.6 Å². The SMILES string of the molecule is CNc1nc(C(C)C)nc(N2CCCC(N(C)C)C2)c1C. The van der Waals surface area contributed by atoms with Crippen LogP contribution in [0.3, 0.4) is 0 Å². The number of anilines is 2. The average molecular weight is 291 g/mol. The lowest BCUT2D eigenvalue weighted by atomic mass is 10.0. The third-order valence-corrected chi connectivity index (χ3v) is 4.32. The van der Waals surface area contributed by atoms with Gasteiger partial charge < -0.3 is 15.1 Å². The van der Waals surface area contributed by atoms with Gasteiger partial charge >= 0.3 is 0 Å². The molecule has 0 radical (unpaired) electrons. The molecule has 1 N–H and O–H groups in total. The summed E-state index contributed by atoms with van der Waals surface area (Å²) >= 11 is 0. The van der Waals surface area contributed by atoms with Crippen molar-refractivity contribution in [3.8, 4) is 0 Å². The second-order valence-corrected chi connectivity index (χ2v) is 6.49. The first kappa shape index (κ1) is 16.0. The third-order valence-electron chi connectivity index (χ3n) is 4.32. The lowest BCUT2D eigenvalue weighted by Crippen LogP contribution is -2.45. The van der Waals surface area contributed by atoms with E-state index in [-0.39, 0.29) is 0 Å². The summed E-state index contributed by atoms with van der Waals surface area (Å²) in [4.78, 5) is 14.2. The van der Waals surface area contributed by atoms with Crippen molar-refractivity contribution in [1.29, 1.82) is 0 Å². The van der Waals surface area contributed by atoms with Crippen LogP contribution in [-0.4, -0.2) is 55.1 Å². The van der Waals surface area contributed by atoms with Gasteiger partial charge in [-0.2, -0.15) is 0 Å². The Labute approximate surface area is 128 Å². The molecule has 0 bridgehead atoms. The molecule has 1 aromatic heterocycles. The first-order valence-electron chi connectivity index (χ1n) is 7.91. The summed E-state index contributed by atoms with van der Waals surface area (Å²) in [7, 11) is 6.27. The van der Waals surface area contributed by atoms with Crippen molar-refractivity contribution in [2.75, 3.05) is 44.4 Å². The maximum atomic E-state index is 4.85. The lowest BCUT2D eigenvalue weighted by molar-refractivity contribution is 0.257. The van der Waals surface area contributed by atoms with Crippen molar-refractivity contribution in [2.24, 2.45) is 0 Å². The Kier molecular flexibility index (Phi) is 5.04. The third kappa shape index (κ3) is 3.46. The minimum atomic E-state index is 0.339. The van der Waals surface area contributed by atoms with Crippen LogP contribution in [0.25, 0.3) is 0 Å². The summed E-state index contributed by atoms with van der Waals surface area (Å²) in [6.07, 6.45) is 2.49. The molecule has 1 aliphatic rings. The lowest BCUT2D eigenvalue weighted by Gasteiger charge is -2.37. The fraction of sp³-hybridized carbons (Fsp3) is 0.750. The molecule has 2 rings (SSSR count). The van der Waals surface area contributed by atoms with Gasteiger partial charge in [-0.05, 0) is 33.9 Å². The number of likely N-dealkylation sites (N-methyl/N-ethyl adjacent to an activating group) is 1. The van der Waals surface area contributed by atoms with Crippen molar-refractivity contribution < 1.29 is 0 Å². The summed E-state index contributed by atoms with van der Waals surface area (Å²) in [5, 5.41) is 3.22. The molecule has 1 aromatic rings. The molecule has 1 fully saturated rings. The van der Waals surface area contributed by atoms with Crippen LogP contribution in [0, 0.1) is 6.92 Å². The van der Waals surface area contributed by atoms with E-state index in [0.29, 0.717) is 12.0 Å². The summed E-state index contributed by atoms with van der Waals surface area (Å²) in [6.45, 7) is 8.54. The normalized spacial score (nSPS) is 19.4. The number of nitrogens with one attached hydrogen (secondary N) is 1. The molecule has 0 spiro atoms. The second-order valence-electron chi connectivity index (χ2n) is 6.49. The van der Waals surface area contributed by atoms with Crippen LogP contribution in [0.4, 0.5) is 11.6 Å². The van der Waals surface area contributed by atoms with Crippen LogP contribution in [0.1, 0.15) is 44.0 Å². The minimum Gasteiger partial charge on any atom is -0.373 e. The summed E-state index contributed by atoms with van der Waals surface area (Å²) < 4.78 is 0. The molecule has 2 heterocycles. The molecule has 1 atom stereocenters. The Morgan fingerprint density at radius 1 is 1.29 bits per heavy atom. The first-order chi connectivity index (χ1) is 9.93. The number of rotatable bonds is 4. The van der Waals surface area contributed by atoms with Crippen molar-refractivity contribution >= 4 is 11.6 Å². The van der Waals surface area contributed by atoms with Gasteiger partial charge in [0.1, 0.15) is 17.5 Å². The zero-order valence-electron chi connectivity index (χ0n) is 14.3. The molecule has 5 heteroatoms. The van der Waals surface area contributed by atoms with Gasteiger partial charge in [0.2, 0.25) is 0 Å². The van der Waals surface area contributed by atoms with Gasteiger partial charge in [0, 0.05) is 37.7 Å². The molecule has 21 heavy (non-hydrogen) atoms. The van der Waals surface area contributed by atoms with Gasteiger partial charge in [-0.1, -0.05) is 13.8 Å². The highest BCUT2D eigenvalue weighted by atomic mass is 15.3. The van der Waals surface area contributed by atoms with Crippen LogP contribution in [0.2, 0.25) is 0 Å². The zero-order valence-corrected chi connectivity index (χ0v) is 14.3. The molecule has 1 unspecified atom stereocenters. The molecule has 5 nitrogen and oxygen atoms in total. The van der Waals surface area contributed by atoms with Crippen LogP contribution in [-0.2, 0) is 0 Å². The summed E-state index contributed by atoms with van der Waals surface area (Å²) in [5.41, 5.74) is 1.15. The van der Waals surface area contributed by atoms with Crippen LogP contribution < -0.4 is 10.2 Å². The highest BCUT2D eigenvalue weighted by molar-refractivity contribution is 5.59. The standard InChI is InChI=1S/C16H29N5/c1-11(2)14-18-15(17-4)12(3)16(19-14)21-9-7-8-13(10-21)20(5)6/h11,13H,7-10H2,1-6H3,(H,17,18,19). The van der Waals surface area contributed by atoms with Crippen LogP contribution in [0.15, 0.2) is 0 Å². The quantitative estimate of drug-likeness (QED) is 0.923. The van der Waals surface area contributed by atoms with Crippen molar-refractivity contribution in [3.63, 3.8) is 0 Å². The Balaban J connectivity index is 2.35. The van der Waals surface area contributed by atoms with Gasteiger partial charge in [-0.3, -0.25) is 0 Å². The molecular formula is C16H29N5. The summed E-state index contributed by atoms with van der Waals surface area (Å²) in [6, 6.07) is 0.605. The van der Waals surface area contributed by atoms with Gasteiger partial charge in [0.25, 0.3) is 0 Å². The van der Waals surface area contributed by atoms with E-state index in [1.807, 2.05) is 7.05 Å². The predicted octanol–water partition coefficient (Wildman–Crippen LogP) is 2.48. The maximum Gasteiger partial charge on any atom is 0.137 e. The van der Waals surface area contributed by atoms with Gasteiger partial charge in [-0.25, -0.2) is 9.97 Å². The second kappa shape index (κ2) is 6.60. The number of hydrogen-bond donors (Lipinski definition) is 1. The van der Waals surface area contributed by atoms with E-state index >= 15 is 0 Å². The number of aromatic nitrogens is 2. The fourth-order valence-corrected chi connectivity index (χ4v) is 2.90. The highest BCUT2D eigenvalue weighted by Crippen LogP contribution is 2.28. The van der Waals surface area contributed by atoms with E-state index in [2.05, 4.69) is 55.0 Å². The van der Waals surface area contributed by atoms with Gasteiger partial charge in [0.05, 0.1) is 0 Å². The highest BCUT2D eigenvalue weighted by Gasteiger charge is 2.25. The van der Waals surface area contributed by atoms with Crippen molar-refractivity contribution in [1.82, 2.24) is 14.9 Å². The minimum absolute atomic E-state index is 0.339. The van der Waals surface area contributed by atoms with E-state index in [4.69, 9.17) is 4.98 Å². The van der Waals surface area contributed by atoms with E-state index in [1.165, 1.54) is 12.8 Å². The van der Waals surface area contributed by atoms with E-state index < -0.39 is 0 Å². The maximum absolute atomic E-state index is 4.85. The van der Waals surface area contributed by atoms with Crippen LogP contribution >= 0.6 is 0 Å². The molecule has 1 aliphatic heterocycles. The van der Waals surface area contributed by atoms with Crippen LogP contribution in [0.5, 0.6) is 0 Å². The van der Waals surface area contributed by atoms with Gasteiger partial charge in [-0.15, -0.1) is 0 Å². The number of hydrogen-bond acceptors (Lipinski definition) is 5. The molecule has 0 aliphatic carbocycles. The van der Waals surface area contributed by atoms with E-state index in [9.17, 15) is 0 Å². The largest absolute Gasteiger partial charge is 0.373 e. The molecule has 0 amide bonds. The number of piperidine rings is 1. The van der Waals surface area contributed by atoms with E-state index in [0.717, 1.165) is 36.1 Å². The Morgan fingerprint density at radius 3 is 2.57 bits per heavy atom. The first-order valence-corrected chi connectivity index (χ1v) is 7.91. The van der Waals surface area contributed by atoms with E-state index in [1.54, 1.807) is 0 Å². The topological polar surface area (TPSA) is 44.3 Å². The fourth-order valence-electron chi connectivity index (χ4n) is 2.90. The molecule has 0 aromatic carbocycles. The molecule has 0 saturated carbocycles.